The van der Waals surface area contributed by atoms with Gasteiger partial charge in [-0.25, -0.2) is 22.6 Å². The summed E-state index contributed by atoms with van der Waals surface area (Å²) in [6.45, 7) is 2.24. The molecule has 0 spiro atoms. The van der Waals surface area contributed by atoms with Crippen molar-refractivity contribution < 1.29 is 17.9 Å². The number of para-hydroxylation sites is 1. The Balaban J connectivity index is 1.60. The van der Waals surface area contributed by atoms with Crippen LogP contribution in [-0.4, -0.2) is 37.1 Å². The zero-order chi connectivity index (χ0) is 26.2. The number of carbonyl (C=O) groups is 1. The van der Waals surface area contributed by atoms with Gasteiger partial charge in [0.15, 0.2) is 0 Å². The smallest absolute Gasteiger partial charge is 0.333 e. The summed E-state index contributed by atoms with van der Waals surface area (Å²) < 4.78 is 34.4. The van der Waals surface area contributed by atoms with Gasteiger partial charge in [0, 0.05) is 22.9 Å². The molecule has 2 aromatic carbocycles. The standard InChI is InChI=1S/C26H23N3O6S2/c1-2-35-23(30)13-12-22-24-20(16-36-22)27-26(32)29(25(24)31)18-9-5-10-19(15-18)37(33,34)28-14-6-8-17-7-3-4-11-21(17)28/h3-5,7,9-13,15-16H,2,6,8,14H2,1H3,(H,27,32). The second kappa shape index (κ2) is 9.83. The molecule has 4 aromatic rings. The average Bonchev–Trinajstić information content (AvgIpc) is 3.30. The van der Waals surface area contributed by atoms with Crippen LogP contribution in [0.4, 0.5) is 5.69 Å². The average molecular weight is 538 g/mol. The van der Waals surface area contributed by atoms with E-state index < -0.39 is 27.2 Å². The predicted molar refractivity (Wildman–Crippen MR) is 143 cm³/mol. The number of sulfonamides is 1. The third kappa shape index (κ3) is 4.51. The number of aryl methyl sites for hydroxylation is 1. The van der Waals surface area contributed by atoms with Crippen molar-refractivity contribution in [3.63, 3.8) is 0 Å². The second-order valence-corrected chi connectivity index (χ2v) is 11.1. The maximum Gasteiger partial charge on any atom is 0.333 e. The normalized spacial score (nSPS) is 13.7. The fourth-order valence-electron chi connectivity index (χ4n) is 4.41. The van der Waals surface area contributed by atoms with Crippen molar-refractivity contribution in [3.05, 3.63) is 91.3 Å². The number of carbonyl (C=O) groups excluding carboxylic acids is 1. The Morgan fingerprint density at radius 1 is 1.16 bits per heavy atom. The van der Waals surface area contributed by atoms with Gasteiger partial charge in [-0.3, -0.25) is 9.10 Å². The van der Waals surface area contributed by atoms with Crippen LogP contribution in [0.5, 0.6) is 0 Å². The summed E-state index contributed by atoms with van der Waals surface area (Å²) in [4.78, 5) is 41.2. The number of benzene rings is 2. The predicted octanol–water partition coefficient (Wildman–Crippen LogP) is 3.46. The van der Waals surface area contributed by atoms with E-state index in [1.165, 1.54) is 52.1 Å². The number of esters is 1. The first-order chi connectivity index (χ1) is 17.8. The molecule has 0 saturated heterocycles. The number of hydrogen-bond donors (Lipinski definition) is 1. The molecule has 1 aliphatic rings. The number of ether oxygens (including phenoxy) is 1. The fourth-order valence-corrected chi connectivity index (χ4v) is 6.88. The third-order valence-electron chi connectivity index (χ3n) is 6.07. The van der Waals surface area contributed by atoms with Crippen molar-refractivity contribution in [1.82, 2.24) is 9.55 Å². The van der Waals surface area contributed by atoms with Crippen LogP contribution in [0.25, 0.3) is 22.7 Å². The molecule has 3 heterocycles. The van der Waals surface area contributed by atoms with Crippen LogP contribution in [0.3, 0.4) is 0 Å². The molecular weight excluding hydrogens is 514 g/mol. The van der Waals surface area contributed by atoms with Crippen molar-refractivity contribution in [2.75, 3.05) is 17.5 Å². The lowest BCUT2D eigenvalue weighted by molar-refractivity contribution is -0.137. The number of anilines is 1. The van der Waals surface area contributed by atoms with Crippen LogP contribution in [0.2, 0.25) is 0 Å². The van der Waals surface area contributed by atoms with Gasteiger partial charge in [-0.15, -0.1) is 11.3 Å². The number of nitrogens with zero attached hydrogens (tertiary/aromatic N) is 2. The number of aromatic amines is 1. The molecule has 11 heteroatoms. The van der Waals surface area contributed by atoms with Crippen LogP contribution >= 0.6 is 11.3 Å². The summed E-state index contributed by atoms with van der Waals surface area (Å²) in [7, 11) is -3.95. The molecule has 1 aliphatic heterocycles. The summed E-state index contributed by atoms with van der Waals surface area (Å²) >= 11 is 1.19. The molecule has 0 aliphatic carbocycles. The second-order valence-electron chi connectivity index (χ2n) is 8.35. The molecule has 1 N–H and O–H groups in total. The summed E-state index contributed by atoms with van der Waals surface area (Å²) in [6.07, 6.45) is 4.16. The van der Waals surface area contributed by atoms with Gasteiger partial charge in [0.05, 0.1) is 33.8 Å². The molecule has 2 aromatic heterocycles. The van der Waals surface area contributed by atoms with Gasteiger partial charge >= 0.3 is 11.7 Å². The highest BCUT2D eigenvalue weighted by molar-refractivity contribution is 7.92. The minimum Gasteiger partial charge on any atom is -0.463 e. The number of rotatable bonds is 6. The van der Waals surface area contributed by atoms with E-state index >= 15 is 0 Å². The molecule has 5 rings (SSSR count). The molecule has 9 nitrogen and oxygen atoms in total. The van der Waals surface area contributed by atoms with E-state index in [0.29, 0.717) is 29.0 Å². The first kappa shape index (κ1) is 24.7. The van der Waals surface area contributed by atoms with Crippen LogP contribution in [0, 0.1) is 0 Å². The molecule has 0 radical (unpaired) electrons. The highest BCUT2D eigenvalue weighted by Crippen LogP contribution is 2.32. The lowest BCUT2D eigenvalue weighted by Gasteiger charge is -2.30. The number of thiophene rings is 1. The zero-order valence-electron chi connectivity index (χ0n) is 19.8. The van der Waals surface area contributed by atoms with Gasteiger partial charge in [0.2, 0.25) is 0 Å². The number of H-pyrrole nitrogens is 1. The van der Waals surface area contributed by atoms with Crippen LogP contribution in [0.1, 0.15) is 23.8 Å². The quantitative estimate of drug-likeness (QED) is 0.297. The lowest BCUT2D eigenvalue weighted by atomic mass is 10.0. The van der Waals surface area contributed by atoms with Gasteiger partial charge in [0.1, 0.15) is 0 Å². The number of nitrogens with one attached hydrogen (secondary N) is 1. The fraction of sp³-hybridized carbons (Fsp3) is 0.192. The SMILES string of the molecule is CCOC(=O)C=Cc1scc2[nH]c(=O)n(-c3cccc(S(=O)(=O)N4CCCc5ccccc54)c3)c(=O)c12. The molecule has 0 amide bonds. The molecule has 0 bridgehead atoms. The zero-order valence-corrected chi connectivity index (χ0v) is 21.5. The van der Waals surface area contributed by atoms with Crippen molar-refractivity contribution in [2.24, 2.45) is 0 Å². The lowest BCUT2D eigenvalue weighted by Crippen LogP contribution is -2.36. The maximum atomic E-state index is 13.6. The Kier molecular flexibility index (Phi) is 6.57. The molecule has 37 heavy (non-hydrogen) atoms. The monoisotopic (exact) mass is 537 g/mol. The highest BCUT2D eigenvalue weighted by Gasteiger charge is 2.29. The summed E-state index contributed by atoms with van der Waals surface area (Å²) in [5.74, 6) is -0.550. The number of fused-ring (bicyclic) bond motifs is 2. The maximum absolute atomic E-state index is 13.6. The summed E-state index contributed by atoms with van der Waals surface area (Å²) in [6, 6.07) is 13.2. The first-order valence-electron chi connectivity index (χ1n) is 11.6. The van der Waals surface area contributed by atoms with E-state index in [2.05, 4.69) is 4.98 Å². The Morgan fingerprint density at radius 2 is 1.97 bits per heavy atom. The van der Waals surface area contributed by atoms with Gasteiger partial charge in [0.25, 0.3) is 15.6 Å². The largest absolute Gasteiger partial charge is 0.463 e. The highest BCUT2D eigenvalue weighted by atomic mass is 32.2. The molecule has 190 valence electrons. The van der Waals surface area contributed by atoms with Crippen molar-refractivity contribution in [2.45, 2.75) is 24.7 Å². The van der Waals surface area contributed by atoms with Gasteiger partial charge in [-0.05, 0) is 55.7 Å². The van der Waals surface area contributed by atoms with E-state index in [4.69, 9.17) is 4.74 Å². The molecule has 0 fully saturated rings. The number of aromatic nitrogens is 2. The molecule has 0 atom stereocenters. The van der Waals surface area contributed by atoms with Crippen molar-refractivity contribution in [3.8, 4) is 5.69 Å². The topological polar surface area (TPSA) is 119 Å². The van der Waals surface area contributed by atoms with E-state index in [1.54, 1.807) is 24.4 Å². The van der Waals surface area contributed by atoms with E-state index in [0.717, 1.165) is 16.6 Å². The van der Waals surface area contributed by atoms with E-state index in [-0.39, 0.29) is 22.6 Å². The van der Waals surface area contributed by atoms with Crippen LogP contribution < -0.4 is 15.6 Å². The minimum atomic E-state index is -3.95. The Bertz CT molecular complexity index is 1760. The third-order valence-corrected chi connectivity index (χ3v) is 8.83. The van der Waals surface area contributed by atoms with E-state index in [9.17, 15) is 22.8 Å². The Morgan fingerprint density at radius 3 is 2.78 bits per heavy atom. The van der Waals surface area contributed by atoms with Gasteiger partial charge in [-0.1, -0.05) is 24.3 Å². The van der Waals surface area contributed by atoms with Crippen molar-refractivity contribution in [1.29, 1.82) is 0 Å². The Labute approximate surface area is 216 Å². The molecular formula is C26H23N3O6S2. The van der Waals surface area contributed by atoms with Gasteiger partial charge < -0.3 is 9.72 Å². The summed E-state index contributed by atoms with van der Waals surface area (Å²) in [5.41, 5.74) is 0.703. The minimum absolute atomic E-state index is 0.0270. The molecule has 0 saturated carbocycles. The summed E-state index contributed by atoms with van der Waals surface area (Å²) in [5, 5.41) is 1.82. The van der Waals surface area contributed by atoms with E-state index in [1.807, 2.05) is 12.1 Å². The molecule has 0 unspecified atom stereocenters. The van der Waals surface area contributed by atoms with Crippen LogP contribution in [0.15, 0.2) is 74.5 Å². The number of hydrogen-bond acceptors (Lipinski definition) is 7. The Hall–Kier alpha value is -3.96. The van der Waals surface area contributed by atoms with Gasteiger partial charge in [-0.2, -0.15) is 0 Å². The van der Waals surface area contributed by atoms with Crippen LogP contribution in [-0.2, 0) is 26.0 Å². The first-order valence-corrected chi connectivity index (χ1v) is 14.0. The van der Waals surface area contributed by atoms with Crippen molar-refractivity contribution >= 4 is 50.0 Å².